The Balaban J connectivity index is 2.23. The molecule has 0 aromatic carbocycles. The van der Waals surface area contributed by atoms with Crippen LogP contribution in [0.5, 0.6) is 0 Å². The minimum absolute atomic E-state index is 0.257. The molecule has 0 fully saturated rings. The molecule has 0 atom stereocenters. The van der Waals surface area contributed by atoms with Crippen molar-refractivity contribution in [1.82, 2.24) is 24.7 Å². The third-order valence-electron chi connectivity index (χ3n) is 3.20. The second-order valence-corrected chi connectivity index (χ2v) is 4.57. The first-order chi connectivity index (χ1) is 10.6. The highest BCUT2D eigenvalue weighted by molar-refractivity contribution is 5.94. The topological polar surface area (TPSA) is 103 Å². The van der Waals surface area contributed by atoms with Gasteiger partial charge in [-0.2, -0.15) is 10.1 Å². The van der Waals surface area contributed by atoms with E-state index in [4.69, 9.17) is 4.74 Å². The molecule has 0 aliphatic rings. The van der Waals surface area contributed by atoms with Crippen LogP contribution >= 0.6 is 0 Å². The van der Waals surface area contributed by atoms with Crippen LogP contribution in [-0.4, -0.2) is 37.3 Å². The molecule has 3 aromatic rings. The summed E-state index contributed by atoms with van der Waals surface area (Å²) >= 11 is 0. The molecule has 0 amide bonds. The van der Waals surface area contributed by atoms with E-state index in [1.165, 1.54) is 17.0 Å². The normalized spacial score (nSPS) is 10.8. The highest BCUT2D eigenvalue weighted by atomic mass is 16.5. The first-order valence-corrected chi connectivity index (χ1v) is 6.67. The molecule has 0 unspecified atom stereocenters. The van der Waals surface area contributed by atoms with Crippen LogP contribution in [0.3, 0.4) is 0 Å². The lowest BCUT2D eigenvalue weighted by Crippen LogP contribution is -2.20. The lowest BCUT2D eigenvalue weighted by molar-refractivity contribution is 0.0525. The number of fused-ring (bicyclic) bond motifs is 1. The average Bonchev–Trinajstić information content (AvgIpc) is 3.01. The number of pyridine rings is 2. The van der Waals surface area contributed by atoms with Gasteiger partial charge in [0, 0.05) is 6.20 Å². The highest BCUT2D eigenvalue weighted by Crippen LogP contribution is 2.15. The standard InChI is InChI=1S/C14H13N5O3/c1-3-22-13(21)9-6-10-11(17-8(9)2)4-5-19(12(10)20)14-15-7-16-18-14/h4-7H,3H2,1-2H3,(H,15,16,18). The van der Waals surface area contributed by atoms with Gasteiger partial charge in [0.25, 0.3) is 5.56 Å². The minimum Gasteiger partial charge on any atom is -0.462 e. The van der Waals surface area contributed by atoms with Gasteiger partial charge < -0.3 is 4.74 Å². The molecule has 0 saturated carbocycles. The Morgan fingerprint density at radius 1 is 1.45 bits per heavy atom. The van der Waals surface area contributed by atoms with E-state index in [-0.39, 0.29) is 17.7 Å². The number of esters is 1. The smallest absolute Gasteiger partial charge is 0.339 e. The van der Waals surface area contributed by atoms with Crippen molar-refractivity contribution < 1.29 is 9.53 Å². The number of aromatic nitrogens is 5. The van der Waals surface area contributed by atoms with Crippen molar-refractivity contribution in [2.24, 2.45) is 0 Å². The lowest BCUT2D eigenvalue weighted by Gasteiger charge is -2.08. The van der Waals surface area contributed by atoms with Crippen molar-refractivity contribution in [3.8, 4) is 5.95 Å². The quantitative estimate of drug-likeness (QED) is 0.723. The molecular weight excluding hydrogens is 286 g/mol. The minimum atomic E-state index is -0.496. The van der Waals surface area contributed by atoms with Crippen molar-refractivity contribution >= 4 is 16.9 Å². The molecule has 0 bridgehead atoms. The van der Waals surface area contributed by atoms with E-state index in [0.717, 1.165) is 0 Å². The number of hydrogen-bond donors (Lipinski definition) is 1. The van der Waals surface area contributed by atoms with Gasteiger partial charge in [-0.25, -0.2) is 9.89 Å². The number of nitrogens with zero attached hydrogens (tertiary/aromatic N) is 4. The molecule has 3 aromatic heterocycles. The molecule has 0 spiro atoms. The van der Waals surface area contributed by atoms with Crippen LogP contribution in [0.25, 0.3) is 16.9 Å². The van der Waals surface area contributed by atoms with Crippen LogP contribution in [-0.2, 0) is 4.74 Å². The second kappa shape index (κ2) is 5.40. The highest BCUT2D eigenvalue weighted by Gasteiger charge is 2.15. The maximum atomic E-state index is 12.6. The fourth-order valence-corrected chi connectivity index (χ4v) is 2.16. The predicted molar refractivity (Wildman–Crippen MR) is 78.0 cm³/mol. The number of H-pyrrole nitrogens is 1. The number of aryl methyl sites for hydroxylation is 1. The molecule has 0 aliphatic heterocycles. The van der Waals surface area contributed by atoms with Gasteiger partial charge in [0.05, 0.1) is 28.8 Å². The van der Waals surface area contributed by atoms with Crippen LogP contribution in [0.15, 0.2) is 29.5 Å². The molecule has 3 rings (SSSR count). The van der Waals surface area contributed by atoms with Gasteiger partial charge in [0.2, 0.25) is 5.95 Å². The third-order valence-corrected chi connectivity index (χ3v) is 3.20. The molecule has 112 valence electrons. The molecule has 3 heterocycles. The number of nitrogens with one attached hydrogen (secondary N) is 1. The van der Waals surface area contributed by atoms with Crippen LogP contribution < -0.4 is 5.56 Å². The number of rotatable bonds is 3. The Kier molecular flexibility index (Phi) is 3.42. The first kappa shape index (κ1) is 13.9. The number of carbonyl (C=O) groups excluding carboxylic acids is 1. The summed E-state index contributed by atoms with van der Waals surface area (Å²) in [5.41, 5.74) is 0.961. The number of carbonyl (C=O) groups is 1. The summed E-state index contributed by atoms with van der Waals surface area (Å²) in [6, 6.07) is 3.19. The van der Waals surface area contributed by atoms with Gasteiger partial charge in [0.15, 0.2) is 0 Å². The van der Waals surface area contributed by atoms with E-state index >= 15 is 0 Å². The van der Waals surface area contributed by atoms with E-state index in [1.807, 2.05) is 0 Å². The summed E-state index contributed by atoms with van der Waals surface area (Å²) in [5.74, 6) is -0.200. The average molecular weight is 299 g/mol. The van der Waals surface area contributed by atoms with E-state index in [0.29, 0.717) is 22.5 Å². The number of aromatic amines is 1. The molecule has 8 heteroatoms. The van der Waals surface area contributed by atoms with Crippen LogP contribution in [0.1, 0.15) is 23.0 Å². The van der Waals surface area contributed by atoms with Crippen molar-refractivity contribution in [3.63, 3.8) is 0 Å². The summed E-state index contributed by atoms with van der Waals surface area (Å²) < 4.78 is 6.29. The van der Waals surface area contributed by atoms with Gasteiger partial charge in [-0.15, -0.1) is 0 Å². The Morgan fingerprint density at radius 3 is 2.95 bits per heavy atom. The lowest BCUT2D eigenvalue weighted by atomic mass is 10.1. The van der Waals surface area contributed by atoms with Gasteiger partial charge in [-0.05, 0) is 26.0 Å². The predicted octanol–water partition coefficient (Wildman–Crippen LogP) is 0.989. The van der Waals surface area contributed by atoms with Crippen LogP contribution in [0.4, 0.5) is 0 Å². The monoisotopic (exact) mass is 299 g/mol. The van der Waals surface area contributed by atoms with Gasteiger partial charge in [0.1, 0.15) is 6.33 Å². The number of ether oxygens (including phenoxy) is 1. The zero-order valence-electron chi connectivity index (χ0n) is 12.0. The third kappa shape index (κ3) is 2.24. The molecule has 22 heavy (non-hydrogen) atoms. The summed E-state index contributed by atoms with van der Waals surface area (Å²) in [4.78, 5) is 32.7. The van der Waals surface area contributed by atoms with E-state index in [1.54, 1.807) is 26.1 Å². The Labute approximate surface area is 124 Å². The van der Waals surface area contributed by atoms with Crippen LogP contribution in [0, 0.1) is 6.92 Å². The fraction of sp³-hybridized carbons (Fsp3) is 0.214. The Hall–Kier alpha value is -3.03. The van der Waals surface area contributed by atoms with E-state index < -0.39 is 5.97 Å². The second-order valence-electron chi connectivity index (χ2n) is 4.57. The van der Waals surface area contributed by atoms with Gasteiger partial charge in [-0.3, -0.25) is 14.3 Å². The maximum Gasteiger partial charge on any atom is 0.339 e. The molecule has 0 saturated heterocycles. The summed E-state index contributed by atoms with van der Waals surface area (Å²) in [6.45, 7) is 3.68. The largest absolute Gasteiger partial charge is 0.462 e. The zero-order chi connectivity index (χ0) is 15.7. The molecule has 8 nitrogen and oxygen atoms in total. The molecular formula is C14H13N5O3. The SMILES string of the molecule is CCOC(=O)c1cc2c(=O)n(-c3ncn[nH]3)ccc2nc1C. The van der Waals surface area contributed by atoms with E-state index in [2.05, 4.69) is 20.2 Å². The van der Waals surface area contributed by atoms with Crippen molar-refractivity contribution in [1.29, 1.82) is 0 Å². The summed E-state index contributed by atoms with van der Waals surface area (Å²) in [7, 11) is 0. The molecule has 0 aliphatic carbocycles. The first-order valence-electron chi connectivity index (χ1n) is 6.67. The maximum absolute atomic E-state index is 12.6. The van der Waals surface area contributed by atoms with Crippen molar-refractivity contribution in [2.75, 3.05) is 6.61 Å². The van der Waals surface area contributed by atoms with Gasteiger partial charge >= 0.3 is 5.97 Å². The van der Waals surface area contributed by atoms with Crippen molar-refractivity contribution in [3.05, 3.63) is 46.3 Å². The zero-order valence-corrected chi connectivity index (χ0v) is 12.0. The molecule has 1 N–H and O–H groups in total. The van der Waals surface area contributed by atoms with E-state index in [9.17, 15) is 9.59 Å². The van der Waals surface area contributed by atoms with Gasteiger partial charge in [-0.1, -0.05) is 0 Å². The molecule has 0 radical (unpaired) electrons. The van der Waals surface area contributed by atoms with Crippen molar-refractivity contribution in [2.45, 2.75) is 13.8 Å². The number of hydrogen-bond acceptors (Lipinski definition) is 6. The Bertz CT molecular complexity index is 899. The fourth-order valence-electron chi connectivity index (χ4n) is 2.16. The summed E-state index contributed by atoms with van der Waals surface area (Å²) in [6.07, 6.45) is 2.87. The Morgan fingerprint density at radius 2 is 2.27 bits per heavy atom. The summed E-state index contributed by atoms with van der Waals surface area (Å²) in [5, 5.41) is 6.65. The van der Waals surface area contributed by atoms with Crippen LogP contribution in [0.2, 0.25) is 0 Å².